The third-order valence-corrected chi connectivity index (χ3v) is 5.16. The van der Waals surface area contributed by atoms with Gasteiger partial charge in [-0.2, -0.15) is 0 Å². The average molecular weight is 402 g/mol. The molecule has 1 N–H and O–H groups in total. The Labute approximate surface area is 174 Å². The second kappa shape index (κ2) is 12.3. The standard InChI is InChI=1S/C24H35NO4/c1-18(2)10-6-4-5-7-13-23(26)25-17-19-14-15-21(22(16-19)28-3)29-24(27)20-11-8-9-12-20/h6,10,14-16,18,20H,4-5,7-9,11-13,17H2,1-3H3,(H,25,26)/b10-6+. The van der Waals surface area contributed by atoms with Gasteiger partial charge >= 0.3 is 5.97 Å². The molecule has 1 amide bonds. The highest BCUT2D eigenvalue weighted by molar-refractivity contribution is 5.76. The normalized spacial score (nSPS) is 14.5. The molecule has 0 spiro atoms. The van der Waals surface area contributed by atoms with Crippen molar-refractivity contribution in [2.75, 3.05) is 7.11 Å². The third-order valence-electron chi connectivity index (χ3n) is 5.16. The zero-order valence-electron chi connectivity index (χ0n) is 18.0. The molecule has 29 heavy (non-hydrogen) atoms. The first kappa shape index (κ1) is 23.0. The number of esters is 1. The molecule has 0 unspecified atom stereocenters. The summed E-state index contributed by atoms with van der Waals surface area (Å²) in [7, 11) is 1.55. The predicted molar refractivity (Wildman–Crippen MR) is 115 cm³/mol. The van der Waals surface area contributed by atoms with E-state index in [0.717, 1.165) is 50.5 Å². The molecule has 2 rings (SSSR count). The van der Waals surface area contributed by atoms with E-state index in [-0.39, 0.29) is 17.8 Å². The lowest BCUT2D eigenvalue weighted by atomic mass is 10.1. The Morgan fingerprint density at radius 2 is 1.93 bits per heavy atom. The molecule has 0 aromatic heterocycles. The van der Waals surface area contributed by atoms with Crippen LogP contribution in [0, 0.1) is 11.8 Å². The van der Waals surface area contributed by atoms with Crippen LogP contribution in [0.3, 0.4) is 0 Å². The molecule has 0 heterocycles. The van der Waals surface area contributed by atoms with Crippen molar-refractivity contribution >= 4 is 11.9 Å². The van der Waals surface area contributed by atoms with E-state index in [1.54, 1.807) is 13.2 Å². The van der Waals surface area contributed by atoms with Crippen molar-refractivity contribution in [1.29, 1.82) is 0 Å². The van der Waals surface area contributed by atoms with E-state index in [9.17, 15) is 9.59 Å². The Hall–Kier alpha value is -2.30. The number of benzene rings is 1. The van der Waals surface area contributed by atoms with Crippen LogP contribution in [0.25, 0.3) is 0 Å². The first-order valence-corrected chi connectivity index (χ1v) is 10.8. The van der Waals surface area contributed by atoms with E-state index in [4.69, 9.17) is 9.47 Å². The highest BCUT2D eigenvalue weighted by Gasteiger charge is 2.25. The largest absolute Gasteiger partial charge is 0.493 e. The molecule has 1 aromatic rings. The molecule has 1 aliphatic carbocycles. The van der Waals surface area contributed by atoms with E-state index >= 15 is 0 Å². The van der Waals surface area contributed by atoms with Gasteiger partial charge in [-0.25, -0.2) is 0 Å². The van der Waals surface area contributed by atoms with Crippen LogP contribution in [0.1, 0.15) is 70.8 Å². The van der Waals surface area contributed by atoms with E-state index in [0.29, 0.717) is 30.4 Å². The molecular weight excluding hydrogens is 366 g/mol. The number of unbranched alkanes of at least 4 members (excludes halogenated alkanes) is 2. The number of nitrogens with one attached hydrogen (secondary N) is 1. The number of methoxy groups -OCH3 is 1. The Balaban J connectivity index is 1.76. The highest BCUT2D eigenvalue weighted by atomic mass is 16.6. The number of ether oxygens (including phenoxy) is 2. The van der Waals surface area contributed by atoms with Gasteiger partial charge in [0.05, 0.1) is 13.0 Å². The van der Waals surface area contributed by atoms with Gasteiger partial charge in [-0.3, -0.25) is 9.59 Å². The molecule has 0 bridgehead atoms. The zero-order valence-corrected chi connectivity index (χ0v) is 18.0. The van der Waals surface area contributed by atoms with Gasteiger partial charge in [0, 0.05) is 13.0 Å². The van der Waals surface area contributed by atoms with Gasteiger partial charge in [0.2, 0.25) is 5.91 Å². The molecule has 1 aliphatic rings. The minimum Gasteiger partial charge on any atom is -0.493 e. The van der Waals surface area contributed by atoms with Crippen LogP contribution in [0.2, 0.25) is 0 Å². The van der Waals surface area contributed by atoms with Crippen LogP contribution in [-0.2, 0) is 16.1 Å². The fourth-order valence-electron chi connectivity index (χ4n) is 3.46. The molecule has 1 fully saturated rings. The average Bonchev–Trinajstić information content (AvgIpc) is 3.24. The lowest BCUT2D eigenvalue weighted by molar-refractivity contribution is -0.138. The lowest BCUT2D eigenvalue weighted by Crippen LogP contribution is -2.22. The topological polar surface area (TPSA) is 64.6 Å². The Kier molecular flexibility index (Phi) is 9.75. The number of amides is 1. The van der Waals surface area contributed by atoms with E-state index in [1.165, 1.54) is 0 Å². The van der Waals surface area contributed by atoms with Crippen LogP contribution in [0.4, 0.5) is 0 Å². The van der Waals surface area contributed by atoms with Gasteiger partial charge in [0.25, 0.3) is 0 Å². The first-order valence-electron chi connectivity index (χ1n) is 10.8. The van der Waals surface area contributed by atoms with Crippen molar-refractivity contribution in [3.05, 3.63) is 35.9 Å². The molecule has 0 radical (unpaired) electrons. The van der Waals surface area contributed by atoms with Crippen molar-refractivity contribution in [3.8, 4) is 11.5 Å². The van der Waals surface area contributed by atoms with Gasteiger partial charge in [-0.1, -0.05) is 44.9 Å². The Morgan fingerprint density at radius 3 is 2.62 bits per heavy atom. The van der Waals surface area contributed by atoms with Gasteiger partial charge in [-0.15, -0.1) is 0 Å². The molecule has 5 nitrogen and oxygen atoms in total. The Bertz CT molecular complexity index is 690. The minimum absolute atomic E-state index is 0.000431. The van der Waals surface area contributed by atoms with Gasteiger partial charge in [-0.05, 0) is 55.7 Å². The molecule has 1 aromatic carbocycles. The van der Waals surface area contributed by atoms with Crippen LogP contribution in [-0.4, -0.2) is 19.0 Å². The van der Waals surface area contributed by atoms with Crippen molar-refractivity contribution in [2.45, 2.75) is 71.8 Å². The molecule has 0 saturated heterocycles. The maximum absolute atomic E-state index is 12.2. The monoisotopic (exact) mass is 401 g/mol. The molecule has 160 valence electrons. The zero-order chi connectivity index (χ0) is 21.1. The minimum atomic E-state index is -0.176. The quantitative estimate of drug-likeness (QED) is 0.240. The maximum Gasteiger partial charge on any atom is 0.314 e. The number of hydrogen-bond donors (Lipinski definition) is 1. The van der Waals surface area contributed by atoms with Crippen molar-refractivity contribution in [1.82, 2.24) is 5.32 Å². The van der Waals surface area contributed by atoms with Crippen LogP contribution >= 0.6 is 0 Å². The SMILES string of the molecule is COc1cc(CNC(=O)CCCC/C=C/C(C)C)ccc1OC(=O)C1CCCC1. The van der Waals surface area contributed by atoms with Crippen molar-refractivity contribution in [2.24, 2.45) is 11.8 Å². The number of hydrogen-bond acceptors (Lipinski definition) is 4. The third kappa shape index (κ3) is 8.30. The predicted octanol–water partition coefficient (Wildman–Crippen LogP) is 5.18. The van der Waals surface area contributed by atoms with Crippen LogP contribution < -0.4 is 14.8 Å². The first-order chi connectivity index (χ1) is 14.0. The van der Waals surface area contributed by atoms with E-state index < -0.39 is 0 Å². The van der Waals surface area contributed by atoms with Gasteiger partial charge in [0.1, 0.15) is 0 Å². The molecule has 0 atom stereocenters. The number of rotatable bonds is 11. The summed E-state index contributed by atoms with van der Waals surface area (Å²) in [6.45, 7) is 4.75. The van der Waals surface area contributed by atoms with Crippen LogP contribution in [0.5, 0.6) is 11.5 Å². The summed E-state index contributed by atoms with van der Waals surface area (Å²) >= 11 is 0. The fraction of sp³-hybridized carbons (Fsp3) is 0.583. The lowest BCUT2D eigenvalue weighted by Gasteiger charge is -2.13. The molecule has 0 aliphatic heterocycles. The summed E-state index contributed by atoms with van der Waals surface area (Å²) in [5.41, 5.74) is 0.913. The van der Waals surface area contributed by atoms with Gasteiger partial charge < -0.3 is 14.8 Å². The highest BCUT2D eigenvalue weighted by Crippen LogP contribution is 2.31. The summed E-state index contributed by atoms with van der Waals surface area (Å²) in [6.07, 6.45) is 11.8. The van der Waals surface area contributed by atoms with E-state index in [1.807, 2.05) is 12.1 Å². The Morgan fingerprint density at radius 1 is 1.17 bits per heavy atom. The second-order valence-electron chi connectivity index (χ2n) is 8.08. The summed E-state index contributed by atoms with van der Waals surface area (Å²) in [5, 5.41) is 2.94. The summed E-state index contributed by atoms with van der Waals surface area (Å²) < 4.78 is 10.9. The van der Waals surface area contributed by atoms with E-state index in [2.05, 4.69) is 31.3 Å². The van der Waals surface area contributed by atoms with Crippen molar-refractivity contribution < 1.29 is 19.1 Å². The number of carbonyl (C=O) groups excluding carboxylic acids is 2. The maximum atomic E-state index is 12.2. The van der Waals surface area contributed by atoms with Gasteiger partial charge in [0.15, 0.2) is 11.5 Å². The smallest absolute Gasteiger partial charge is 0.314 e. The van der Waals surface area contributed by atoms with Crippen LogP contribution in [0.15, 0.2) is 30.4 Å². The summed E-state index contributed by atoms with van der Waals surface area (Å²) in [5.74, 6) is 1.40. The number of carbonyl (C=O) groups is 2. The van der Waals surface area contributed by atoms with Crippen molar-refractivity contribution in [3.63, 3.8) is 0 Å². The summed E-state index contributed by atoms with van der Waals surface area (Å²) in [4.78, 5) is 24.3. The molecule has 1 saturated carbocycles. The molecular formula is C24H35NO4. The number of allylic oxidation sites excluding steroid dienone is 2. The second-order valence-corrected chi connectivity index (χ2v) is 8.08. The molecule has 5 heteroatoms. The fourth-order valence-corrected chi connectivity index (χ4v) is 3.46. The summed E-state index contributed by atoms with van der Waals surface area (Å²) in [6, 6.07) is 5.42.